The van der Waals surface area contributed by atoms with Crippen LogP contribution in [-0.2, 0) is 0 Å². The number of rotatable bonds is 2. The molecule has 1 rings (SSSR count). The fourth-order valence-electron chi connectivity index (χ4n) is 0.954. The summed E-state index contributed by atoms with van der Waals surface area (Å²) in [6.07, 6.45) is 0. The molecule has 70 valence electrons. The maximum atomic E-state index is 10.6. The Morgan fingerprint density at radius 2 is 2.15 bits per heavy atom. The molecule has 0 aromatic heterocycles. The number of nitro groups is 1. The monoisotopic (exact) mass is 245 g/mol. The van der Waals surface area contributed by atoms with Gasteiger partial charge in [-0.2, -0.15) is 0 Å². The second-order valence-corrected chi connectivity index (χ2v) is 3.38. The van der Waals surface area contributed by atoms with Crippen LogP contribution in [-0.4, -0.2) is 12.0 Å². The van der Waals surface area contributed by atoms with Gasteiger partial charge in [0, 0.05) is 16.6 Å². The Morgan fingerprint density at radius 3 is 2.62 bits per heavy atom. The first-order valence-corrected chi connectivity index (χ1v) is 4.34. The molecule has 0 fully saturated rings. The van der Waals surface area contributed by atoms with Gasteiger partial charge in [0.2, 0.25) is 0 Å². The second kappa shape index (κ2) is 3.74. The first kappa shape index (κ1) is 9.98. The van der Waals surface area contributed by atoms with Crippen molar-refractivity contribution in [2.24, 2.45) is 0 Å². The summed E-state index contributed by atoms with van der Waals surface area (Å²) in [7, 11) is 1.41. The van der Waals surface area contributed by atoms with Crippen LogP contribution in [0.25, 0.3) is 0 Å². The van der Waals surface area contributed by atoms with Crippen LogP contribution in [0.2, 0.25) is 0 Å². The highest BCUT2D eigenvalue weighted by atomic mass is 79.9. The van der Waals surface area contributed by atoms with Gasteiger partial charge in [-0.05, 0) is 12.5 Å². The molecular formula is C8H8BrNO3. The number of methoxy groups -OCH3 is 1. The molecule has 0 aliphatic rings. The van der Waals surface area contributed by atoms with Crippen LogP contribution in [0, 0.1) is 17.0 Å². The molecule has 1 aromatic carbocycles. The summed E-state index contributed by atoms with van der Waals surface area (Å²) >= 11 is 3.27. The molecule has 1 aromatic rings. The molecule has 0 spiro atoms. The minimum Gasteiger partial charge on any atom is -0.490 e. The lowest BCUT2D eigenvalue weighted by molar-refractivity contribution is -0.385. The molecule has 0 heterocycles. The van der Waals surface area contributed by atoms with Crippen molar-refractivity contribution in [1.29, 1.82) is 0 Å². The van der Waals surface area contributed by atoms with Gasteiger partial charge in [-0.3, -0.25) is 10.1 Å². The zero-order chi connectivity index (χ0) is 10.0. The lowest BCUT2D eigenvalue weighted by Gasteiger charge is -2.03. The Bertz CT molecular complexity index is 351. The predicted molar refractivity (Wildman–Crippen MR) is 52.1 cm³/mol. The van der Waals surface area contributed by atoms with E-state index in [1.165, 1.54) is 13.2 Å². The molecule has 0 saturated carbocycles. The predicted octanol–water partition coefficient (Wildman–Crippen LogP) is 2.67. The van der Waals surface area contributed by atoms with E-state index >= 15 is 0 Å². The van der Waals surface area contributed by atoms with Crippen LogP contribution < -0.4 is 4.74 Å². The summed E-state index contributed by atoms with van der Waals surface area (Å²) in [5, 5.41) is 10.6. The van der Waals surface area contributed by atoms with Gasteiger partial charge in [0.1, 0.15) is 0 Å². The number of hydrogen-bond acceptors (Lipinski definition) is 3. The number of benzene rings is 1. The first-order valence-electron chi connectivity index (χ1n) is 3.54. The summed E-state index contributed by atoms with van der Waals surface area (Å²) in [6.45, 7) is 1.79. The highest BCUT2D eigenvalue weighted by Crippen LogP contribution is 2.32. The minimum absolute atomic E-state index is 0.0109. The van der Waals surface area contributed by atoms with E-state index in [9.17, 15) is 10.1 Å². The van der Waals surface area contributed by atoms with E-state index in [0.29, 0.717) is 0 Å². The van der Waals surface area contributed by atoms with E-state index in [-0.39, 0.29) is 11.4 Å². The number of nitro benzene ring substituents is 1. The summed E-state index contributed by atoms with van der Waals surface area (Å²) < 4.78 is 5.67. The molecule has 0 N–H and O–H groups in total. The fourth-order valence-corrected chi connectivity index (χ4v) is 1.28. The van der Waals surface area contributed by atoms with Gasteiger partial charge in [0.25, 0.3) is 0 Å². The van der Waals surface area contributed by atoms with E-state index < -0.39 is 4.92 Å². The average molecular weight is 246 g/mol. The van der Waals surface area contributed by atoms with Crippen LogP contribution in [0.4, 0.5) is 5.69 Å². The lowest BCUT2D eigenvalue weighted by Crippen LogP contribution is -1.94. The van der Waals surface area contributed by atoms with Gasteiger partial charge in [0.15, 0.2) is 5.75 Å². The minimum atomic E-state index is -0.460. The summed E-state index contributed by atoms with van der Waals surface area (Å²) in [5.41, 5.74) is 0.802. The van der Waals surface area contributed by atoms with Gasteiger partial charge < -0.3 is 4.74 Å². The largest absolute Gasteiger partial charge is 0.490 e. The van der Waals surface area contributed by atoms with Gasteiger partial charge in [-0.25, -0.2) is 0 Å². The lowest BCUT2D eigenvalue weighted by atomic mass is 10.2. The zero-order valence-electron chi connectivity index (χ0n) is 7.20. The van der Waals surface area contributed by atoms with E-state index in [1.807, 2.05) is 0 Å². The van der Waals surface area contributed by atoms with Gasteiger partial charge in [-0.15, -0.1) is 0 Å². The van der Waals surface area contributed by atoms with Crippen molar-refractivity contribution >= 4 is 21.6 Å². The third-order valence-electron chi connectivity index (χ3n) is 1.66. The molecule has 0 atom stereocenters. The molecule has 4 nitrogen and oxygen atoms in total. The molecule has 0 radical (unpaired) electrons. The van der Waals surface area contributed by atoms with Crippen LogP contribution in [0.3, 0.4) is 0 Å². The van der Waals surface area contributed by atoms with Gasteiger partial charge in [-0.1, -0.05) is 15.9 Å². The van der Waals surface area contributed by atoms with E-state index in [4.69, 9.17) is 4.74 Å². The Hall–Kier alpha value is -1.10. The normalized spacial score (nSPS) is 9.77. The third kappa shape index (κ3) is 1.98. The van der Waals surface area contributed by atoms with Crippen molar-refractivity contribution in [3.05, 3.63) is 32.3 Å². The summed E-state index contributed by atoms with van der Waals surface area (Å²) in [5.74, 6) is 0.266. The number of aryl methyl sites for hydroxylation is 1. The quantitative estimate of drug-likeness (QED) is 0.595. The molecular weight excluding hydrogens is 238 g/mol. The van der Waals surface area contributed by atoms with Crippen molar-refractivity contribution in [3.63, 3.8) is 0 Å². The third-order valence-corrected chi connectivity index (χ3v) is 2.51. The molecule has 5 heteroatoms. The Labute approximate surface area is 83.8 Å². The Balaban J connectivity index is 3.33. The van der Waals surface area contributed by atoms with Crippen LogP contribution in [0.1, 0.15) is 5.56 Å². The number of nitrogens with zero attached hydrogens (tertiary/aromatic N) is 1. The molecule has 0 aliphatic carbocycles. The Morgan fingerprint density at radius 1 is 1.54 bits per heavy atom. The smallest absolute Gasteiger partial charge is 0.311 e. The van der Waals surface area contributed by atoms with Crippen molar-refractivity contribution in [2.45, 2.75) is 6.92 Å². The van der Waals surface area contributed by atoms with E-state index in [0.717, 1.165) is 10.0 Å². The number of ether oxygens (including phenoxy) is 1. The Kier molecular flexibility index (Phi) is 2.87. The summed E-state index contributed by atoms with van der Waals surface area (Å²) in [6, 6.07) is 3.07. The van der Waals surface area contributed by atoms with Gasteiger partial charge >= 0.3 is 5.69 Å². The highest BCUT2D eigenvalue weighted by Gasteiger charge is 2.15. The second-order valence-electron chi connectivity index (χ2n) is 2.53. The van der Waals surface area contributed by atoms with E-state index in [2.05, 4.69) is 15.9 Å². The van der Waals surface area contributed by atoms with Crippen molar-refractivity contribution < 1.29 is 9.66 Å². The van der Waals surface area contributed by atoms with Crippen molar-refractivity contribution in [1.82, 2.24) is 0 Å². The number of halogens is 1. The zero-order valence-corrected chi connectivity index (χ0v) is 8.79. The van der Waals surface area contributed by atoms with Crippen LogP contribution in [0.5, 0.6) is 5.75 Å². The van der Waals surface area contributed by atoms with E-state index in [1.54, 1.807) is 13.0 Å². The first-order chi connectivity index (χ1) is 6.06. The van der Waals surface area contributed by atoms with Crippen LogP contribution in [0.15, 0.2) is 16.6 Å². The molecule has 0 aliphatic heterocycles. The number of hydrogen-bond donors (Lipinski definition) is 0. The molecule has 0 unspecified atom stereocenters. The van der Waals surface area contributed by atoms with Crippen molar-refractivity contribution in [3.8, 4) is 5.75 Å². The highest BCUT2D eigenvalue weighted by molar-refractivity contribution is 9.10. The molecule has 0 saturated heterocycles. The SMILES string of the molecule is COc1cc(Br)c(C)cc1[N+](=O)[O-]. The van der Waals surface area contributed by atoms with Crippen LogP contribution >= 0.6 is 15.9 Å². The molecule has 0 amide bonds. The maximum Gasteiger partial charge on any atom is 0.311 e. The molecule has 13 heavy (non-hydrogen) atoms. The average Bonchev–Trinajstić information content (AvgIpc) is 2.08. The summed E-state index contributed by atoms with van der Waals surface area (Å²) in [4.78, 5) is 10.1. The van der Waals surface area contributed by atoms with Crippen molar-refractivity contribution in [2.75, 3.05) is 7.11 Å². The fraction of sp³-hybridized carbons (Fsp3) is 0.250. The molecule has 0 bridgehead atoms. The topological polar surface area (TPSA) is 52.4 Å². The van der Waals surface area contributed by atoms with Gasteiger partial charge in [0.05, 0.1) is 12.0 Å². The maximum absolute atomic E-state index is 10.6. The standard InChI is InChI=1S/C8H8BrNO3/c1-5-3-7(10(11)12)8(13-2)4-6(5)9/h3-4H,1-2H3.